The Labute approximate surface area is 176 Å². The predicted octanol–water partition coefficient (Wildman–Crippen LogP) is 4.85. The topological polar surface area (TPSA) is 102 Å². The van der Waals surface area contributed by atoms with E-state index in [1.165, 1.54) is 24.8 Å². The summed E-state index contributed by atoms with van der Waals surface area (Å²) in [6.07, 6.45) is 12.3. The normalized spacial score (nSPS) is 25.6. The van der Waals surface area contributed by atoms with Crippen LogP contribution >= 0.6 is 0 Å². The van der Waals surface area contributed by atoms with Gasteiger partial charge in [-0.25, -0.2) is 0 Å². The van der Waals surface area contributed by atoms with E-state index in [0.717, 1.165) is 12.8 Å². The monoisotopic (exact) mass is 405 g/mol. The van der Waals surface area contributed by atoms with Gasteiger partial charge in [0.05, 0.1) is 30.1 Å². The highest BCUT2D eigenvalue weighted by Gasteiger charge is 2.32. The van der Waals surface area contributed by atoms with Crippen LogP contribution in [0.3, 0.4) is 0 Å². The van der Waals surface area contributed by atoms with Crippen molar-refractivity contribution in [2.24, 2.45) is 23.2 Å². The molecule has 4 unspecified atom stereocenters. The molecular formula is C24H39NO4. The van der Waals surface area contributed by atoms with Gasteiger partial charge in [-0.1, -0.05) is 32.1 Å². The fourth-order valence-corrected chi connectivity index (χ4v) is 3.97. The molecule has 2 aliphatic rings. The summed E-state index contributed by atoms with van der Waals surface area (Å²) in [5.74, 6) is 1.08. The number of carboxylic acids is 1. The smallest absolute Gasteiger partial charge is 0.309 e. The molecular weight excluding hydrogens is 366 g/mol. The second-order valence-corrected chi connectivity index (χ2v) is 9.15. The first-order valence-electron chi connectivity index (χ1n) is 11.0. The van der Waals surface area contributed by atoms with E-state index in [1.807, 2.05) is 13.0 Å². The van der Waals surface area contributed by atoms with E-state index in [2.05, 4.69) is 25.2 Å². The quantitative estimate of drug-likeness (QED) is 0.536. The zero-order valence-corrected chi connectivity index (χ0v) is 18.5. The molecule has 29 heavy (non-hydrogen) atoms. The molecule has 0 aromatic heterocycles. The second kappa shape index (κ2) is 12.1. The molecule has 2 aliphatic carbocycles. The molecule has 3 N–H and O–H groups in total. The Morgan fingerprint density at radius 2 is 2.03 bits per heavy atom. The van der Waals surface area contributed by atoms with Gasteiger partial charge >= 0.3 is 5.97 Å². The number of aliphatic carboxylic acids is 1. The molecule has 2 rings (SSSR count). The highest BCUT2D eigenvalue weighted by Crippen LogP contribution is 2.42. The predicted molar refractivity (Wildman–Crippen MR) is 115 cm³/mol. The van der Waals surface area contributed by atoms with Gasteiger partial charge in [0, 0.05) is 6.42 Å². The zero-order valence-electron chi connectivity index (χ0n) is 18.5. The van der Waals surface area contributed by atoms with E-state index in [9.17, 15) is 15.0 Å². The van der Waals surface area contributed by atoms with Gasteiger partial charge in [-0.3, -0.25) is 4.79 Å². The average molecular weight is 406 g/mol. The first kappa shape index (κ1) is 25.4. The lowest BCUT2D eigenvalue weighted by molar-refractivity contribution is -0.147. The summed E-state index contributed by atoms with van der Waals surface area (Å²) in [6, 6.07) is 1.94. The van der Waals surface area contributed by atoms with Gasteiger partial charge in [-0.15, -0.1) is 0 Å². The maximum absolute atomic E-state index is 10.3. The zero-order chi connectivity index (χ0) is 22.0. The van der Waals surface area contributed by atoms with Crippen molar-refractivity contribution in [3.8, 4) is 6.07 Å². The van der Waals surface area contributed by atoms with Crippen LogP contribution in [0.25, 0.3) is 0 Å². The fourth-order valence-electron chi connectivity index (χ4n) is 3.97. The lowest BCUT2D eigenvalue weighted by atomic mass is 9.68. The van der Waals surface area contributed by atoms with Crippen LogP contribution in [0.5, 0.6) is 0 Å². The molecule has 5 nitrogen and oxygen atoms in total. The molecule has 0 aromatic rings. The number of hydrogen-bond donors (Lipinski definition) is 3. The van der Waals surface area contributed by atoms with Crippen molar-refractivity contribution in [3.63, 3.8) is 0 Å². The van der Waals surface area contributed by atoms with Crippen LogP contribution in [0, 0.1) is 34.5 Å². The van der Waals surface area contributed by atoms with E-state index >= 15 is 0 Å². The maximum Gasteiger partial charge on any atom is 0.309 e. The Balaban J connectivity index is 0.000000447. The number of fused-ring (bicyclic) bond motifs is 1. The lowest BCUT2D eigenvalue weighted by Crippen LogP contribution is -2.28. The number of allylic oxidation sites excluding steroid dienone is 4. The summed E-state index contributed by atoms with van der Waals surface area (Å²) in [4.78, 5) is 10.3. The summed E-state index contributed by atoms with van der Waals surface area (Å²) < 4.78 is 0. The molecule has 0 saturated carbocycles. The first-order chi connectivity index (χ1) is 13.6. The largest absolute Gasteiger partial charge is 0.481 e. The van der Waals surface area contributed by atoms with Crippen LogP contribution in [0.1, 0.15) is 79.1 Å². The van der Waals surface area contributed by atoms with E-state index in [4.69, 9.17) is 10.4 Å². The lowest BCUT2D eigenvalue weighted by Gasteiger charge is -2.37. The van der Waals surface area contributed by atoms with Crippen molar-refractivity contribution < 1.29 is 20.1 Å². The molecule has 0 bridgehead atoms. The van der Waals surface area contributed by atoms with E-state index < -0.39 is 23.6 Å². The minimum atomic E-state index is -0.722. The molecule has 0 spiro atoms. The molecule has 0 aliphatic heterocycles. The average Bonchev–Trinajstić information content (AvgIpc) is 2.67. The van der Waals surface area contributed by atoms with Crippen molar-refractivity contribution in [2.75, 3.05) is 0 Å². The van der Waals surface area contributed by atoms with Gasteiger partial charge in [0.2, 0.25) is 0 Å². The Morgan fingerprint density at radius 3 is 2.59 bits per heavy atom. The summed E-state index contributed by atoms with van der Waals surface area (Å²) in [6.45, 7) is 7.57. The van der Waals surface area contributed by atoms with Crippen molar-refractivity contribution in [1.29, 1.82) is 5.26 Å². The summed E-state index contributed by atoms with van der Waals surface area (Å²) in [7, 11) is 0. The highest BCUT2D eigenvalue weighted by molar-refractivity contribution is 5.73. The molecule has 5 heteroatoms. The second-order valence-electron chi connectivity index (χ2n) is 9.15. The fraction of sp³-hybridized carbons (Fsp3) is 0.750. The van der Waals surface area contributed by atoms with E-state index in [1.54, 1.807) is 13.8 Å². The minimum absolute atomic E-state index is 0.106. The maximum atomic E-state index is 10.3. The summed E-state index contributed by atoms with van der Waals surface area (Å²) in [5.41, 5.74) is 0.948. The number of nitrogens with zero attached hydrogens (tertiary/aromatic N) is 1. The molecule has 0 heterocycles. The van der Waals surface area contributed by atoms with E-state index in [-0.39, 0.29) is 6.42 Å². The highest BCUT2D eigenvalue weighted by atomic mass is 16.4. The Kier molecular flexibility index (Phi) is 10.6. The summed E-state index contributed by atoms with van der Waals surface area (Å²) in [5, 5.41) is 36.6. The number of rotatable bonds is 8. The third-order valence-electron chi connectivity index (χ3n) is 6.48. The van der Waals surface area contributed by atoms with Crippen molar-refractivity contribution in [1.82, 2.24) is 0 Å². The molecule has 0 saturated heterocycles. The van der Waals surface area contributed by atoms with Crippen LogP contribution in [0.4, 0.5) is 0 Å². The van der Waals surface area contributed by atoms with Gasteiger partial charge in [0.1, 0.15) is 0 Å². The van der Waals surface area contributed by atoms with E-state index in [0.29, 0.717) is 30.6 Å². The SMILES string of the molecule is CC1C=CC2=CCCCC2[C@H]1CCC(O)CC(O)CC#N.CCC(C)(C)C(=O)O. The molecule has 0 amide bonds. The number of aliphatic hydroxyl groups excluding tert-OH is 2. The van der Waals surface area contributed by atoms with Crippen LogP contribution in [-0.2, 0) is 4.79 Å². The molecule has 0 aromatic carbocycles. The standard InChI is InChI=1S/C18H27NO2.C6H12O2/c1-13-6-7-14-4-2-3-5-18(14)17(13)9-8-15(20)12-16(21)10-11-19;1-4-6(2,3)5(7)8/h4,6-7,13,15-18,20-21H,2-3,5,8-10,12H2,1H3;4H2,1-3H3,(H,7,8)/t13?,15?,16?,17-,18?;/m0./s1. The van der Waals surface area contributed by atoms with Crippen molar-refractivity contribution >= 4 is 5.97 Å². The van der Waals surface area contributed by atoms with Gasteiger partial charge in [-0.05, 0) is 75.7 Å². The summed E-state index contributed by atoms with van der Waals surface area (Å²) >= 11 is 0. The van der Waals surface area contributed by atoms with Crippen LogP contribution in [-0.4, -0.2) is 33.5 Å². The van der Waals surface area contributed by atoms with Crippen LogP contribution in [0.15, 0.2) is 23.8 Å². The number of carbonyl (C=O) groups is 1. The van der Waals surface area contributed by atoms with Gasteiger partial charge in [0.25, 0.3) is 0 Å². The number of carboxylic acid groups (broad SMARTS) is 1. The Morgan fingerprint density at radius 1 is 1.34 bits per heavy atom. The molecule has 0 fully saturated rings. The van der Waals surface area contributed by atoms with Crippen molar-refractivity contribution in [3.05, 3.63) is 23.8 Å². The van der Waals surface area contributed by atoms with Gasteiger partial charge in [-0.2, -0.15) is 5.26 Å². The first-order valence-corrected chi connectivity index (χ1v) is 11.0. The Hall–Kier alpha value is -1.64. The minimum Gasteiger partial charge on any atom is -0.481 e. The van der Waals surface area contributed by atoms with Crippen molar-refractivity contribution in [2.45, 2.75) is 91.3 Å². The number of hydrogen-bond acceptors (Lipinski definition) is 4. The molecule has 164 valence electrons. The van der Waals surface area contributed by atoms with Crippen LogP contribution in [0.2, 0.25) is 0 Å². The number of nitriles is 1. The van der Waals surface area contributed by atoms with Gasteiger partial charge in [0.15, 0.2) is 0 Å². The van der Waals surface area contributed by atoms with Crippen LogP contribution < -0.4 is 0 Å². The number of aliphatic hydroxyl groups is 2. The Bertz CT molecular complexity index is 617. The third-order valence-corrected chi connectivity index (χ3v) is 6.48. The third kappa shape index (κ3) is 8.32. The van der Waals surface area contributed by atoms with Gasteiger partial charge < -0.3 is 15.3 Å². The molecule has 0 radical (unpaired) electrons. The molecule has 5 atom stereocenters.